The van der Waals surface area contributed by atoms with Crippen molar-refractivity contribution in [3.63, 3.8) is 0 Å². The fourth-order valence-corrected chi connectivity index (χ4v) is 3.98. The summed E-state index contributed by atoms with van der Waals surface area (Å²) in [5, 5.41) is 75.9. The first kappa shape index (κ1) is 29.9. The van der Waals surface area contributed by atoms with Crippen molar-refractivity contribution in [3.05, 3.63) is 75.1 Å². The highest BCUT2D eigenvalue weighted by Crippen LogP contribution is 2.36. The number of hydrogen-bond donors (Lipinski definition) is 7. The Hall–Kier alpha value is -4.09. The Balaban J connectivity index is 1.93. The van der Waals surface area contributed by atoms with Gasteiger partial charge in [-0.2, -0.15) is 4.98 Å². The Morgan fingerprint density at radius 2 is 1.56 bits per heavy atom. The Labute approximate surface area is 235 Å². The van der Waals surface area contributed by atoms with Gasteiger partial charge in [0.15, 0.2) is 17.1 Å². The summed E-state index contributed by atoms with van der Waals surface area (Å²) in [4.78, 5) is 18.0. The zero-order valence-corrected chi connectivity index (χ0v) is 22.1. The molecule has 4 aromatic rings. The van der Waals surface area contributed by atoms with Gasteiger partial charge in [-0.3, -0.25) is 9.36 Å². The van der Waals surface area contributed by atoms with Gasteiger partial charge < -0.3 is 49.6 Å². The summed E-state index contributed by atoms with van der Waals surface area (Å²) in [6.45, 7) is 1.85. The van der Waals surface area contributed by atoms with Crippen LogP contribution < -0.4 is 15.0 Å². The number of benzene rings is 2. The van der Waals surface area contributed by atoms with Crippen LogP contribution >= 0.6 is 11.6 Å². The predicted molar refractivity (Wildman–Crippen MR) is 138 cm³/mol. The van der Waals surface area contributed by atoms with Crippen molar-refractivity contribution in [1.29, 1.82) is 0 Å². The molecule has 0 bridgehead atoms. The average Bonchev–Trinajstić information content (AvgIpc) is 3.31. The first-order chi connectivity index (χ1) is 19.3. The molecule has 2 aromatic heterocycles. The number of para-hydroxylation sites is 1. The van der Waals surface area contributed by atoms with E-state index in [-0.39, 0.29) is 24.6 Å². The topological polar surface area (TPSA) is 234 Å². The Bertz CT molecular complexity index is 1540. The number of nitrogens with zero attached hydrogens (tertiary/aromatic N) is 4. The van der Waals surface area contributed by atoms with E-state index >= 15 is 0 Å². The highest BCUT2D eigenvalue weighted by molar-refractivity contribution is 6.30. The minimum absolute atomic E-state index is 0.0596. The van der Waals surface area contributed by atoms with Crippen LogP contribution in [0.3, 0.4) is 0 Å². The van der Waals surface area contributed by atoms with Crippen LogP contribution in [0, 0.1) is 0 Å². The highest BCUT2D eigenvalue weighted by Gasteiger charge is 2.32. The van der Waals surface area contributed by atoms with E-state index in [1.807, 2.05) is 6.92 Å². The van der Waals surface area contributed by atoms with Crippen molar-refractivity contribution in [1.82, 2.24) is 19.7 Å². The van der Waals surface area contributed by atoms with Gasteiger partial charge >= 0.3 is 12.3 Å². The summed E-state index contributed by atoms with van der Waals surface area (Å²) in [6.07, 6.45) is -6.23. The summed E-state index contributed by atoms with van der Waals surface area (Å²) >= 11 is 5.91. The van der Waals surface area contributed by atoms with E-state index in [1.165, 1.54) is 0 Å². The number of unbranched alkanes of at least 4 members (excludes halogenated alkanes) is 1. The number of aromatic nitrogens is 4. The van der Waals surface area contributed by atoms with E-state index in [4.69, 9.17) is 25.5 Å². The highest BCUT2D eigenvalue weighted by atomic mass is 35.5. The fourth-order valence-electron chi connectivity index (χ4n) is 3.86. The smallest absolute Gasteiger partial charge is 0.453 e. The molecule has 0 saturated carbocycles. The van der Waals surface area contributed by atoms with Crippen LogP contribution in [0.2, 0.25) is 5.02 Å². The van der Waals surface area contributed by atoms with E-state index in [9.17, 15) is 40.5 Å². The molecule has 7 N–H and O–H groups in total. The molecule has 4 rings (SSSR count). The lowest BCUT2D eigenvalue weighted by Gasteiger charge is -2.24. The molecular weight excluding hydrogens is 568 g/mol. The molecule has 2 aromatic carbocycles. The normalized spacial score (nSPS) is 12.0. The van der Waals surface area contributed by atoms with Crippen molar-refractivity contribution >= 4 is 11.6 Å². The van der Waals surface area contributed by atoms with Crippen LogP contribution in [0.5, 0.6) is 17.4 Å². The van der Waals surface area contributed by atoms with Gasteiger partial charge in [0.1, 0.15) is 11.5 Å². The molecule has 0 amide bonds. The predicted octanol–water partition coefficient (Wildman–Crippen LogP) is 0.509. The minimum atomic E-state index is -3.76. The van der Waals surface area contributed by atoms with Gasteiger partial charge in [-0.15, -0.1) is 10.2 Å². The van der Waals surface area contributed by atoms with E-state index < -0.39 is 52.4 Å². The second kappa shape index (κ2) is 11.8. The maximum absolute atomic E-state index is 13.9. The third-order valence-corrected chi connectivity index (χ3v) is 5.77. The Morgan fingerprint density at radius 1 is 0.951 bits per heavy atom. The Kier molecular flexibility index (Phi) is 8.60. The summed E-state index contributed by atoms with van der Waals surface area (Å²) < 4.78 is 15.9. The van der Waals surface area contributed by atoms with E-state index in [0.717, 1.165) is 28.3 Å². The molecule has 0 saturated heterocycles. The largest absolute Gasteiger partial charge is 0.493 e. The molecule has 0 spiro atoms. The number of hydrogen-bond acceptors (Lipinski definition) is 14. The quantitative estimate of drug-likeness (QED) is 0.118. The summed E-state index contributed by atoms with van der Waals surface area (Å²) in [7, 11) is 0. The summed E-state index contributed by atoms with van der Waals surface area (Å²) in [6, 6.07) is 10.1. The van der Waals surface area contributed by atoms with Crippen LogP contribution in [0.4, 0.5) is 0 Å². The number of aryl methyl sites for hydroxylation is 1. The van der Waals surface area contributed by atoms with Crippen LogP contribution in [-0.4, -0.2) is 67.8 Å². The minimum Gasteiger partial charge on any atom is -0.493 e. The molecule has 2 heterocycles. The van der Waals surface area contributed by atoms with Crippen molar-refractivity contribution in [2.24, 2.45) is 0 Å². The van der Waals surface area contributed by atoms with Crippen LogP contribution in [-0.2, 0) is 12.8 Å². The lowest BCUT2D eigenvalue weighted by atomic mass is 10.1. The van der Waals surface area contributed by atoms with Gasteiger partial charge in [-0.05, 0) is 36.2 Å². The summed E-state index contributed by atoms with van der Waals surface area (Å²) in [5.41, 5.74) is -1.45. The van der Waals surface area contributed by atoms with Crippen molar-refractivity contribution < 1.29 is 49.6 Å². The second-order valence-corrected chi connectivity index (χ2v) is 9.17. The van der Waals surface area contributed by atoms with E-state index in [1.54, 1.807) is 24.3 Å². The van der Waals surface area contributed by atoms with Crippen molar-refractivity contribution in [2.45, 2.75) is 44.9 Å². The number of rotatable bonds is 11. The molecule has 0 unspecified atom stereocenters. The van der Waals surface area contributed by atoms with Crippen molar-refractivity contribution in [3.8, 4) is 34.5 Å². The van der Waals surface area contributed by atoms with Crippen molar-refractivity contribution in [2.75, 3.05) is 0 Å². The number of halogens is 1. The lowest BCUT2D eigenvalue weighted by Crippen LogP contribution is -2.37. The first-order valence-electron chi connectivity index (χ1n) is 12.0. The summed E-state index contributed by atoms with van der Waals surface area (Å²) in [5.74, 6) is -2.55. The maximum Gasteiger partial charge on any atom is 0.453 e. The van der Waals surface area contributed by atoms with Gasteiger partial charge in [-0.25, -0.2) is 0 Å². The van der Waals surface area contributed by atoms with Gasteiger partial charge in [-0.1, -0.05) is 43.1 Å². The van der Waals surface area contributed by atoms with Crippen LogP contribution in [0.15, 0.2) is 51.7 Å². The van der Waals surface area contributed by atoms with Gasteiger partial charge in [0, 0.05) is 11.4 Å². The number of aromatic hydroxyl groups is 1. The molecule has 0 aliphatic rings. The molecule has 41 heavy (non-hydrogen) atoms. The zero-order valence-electron chi connectivity index (χ0n) is 21.3. The fraction of sp³-hybridized carbons (Fsp3) is 0.280. The molecule has 15 nitrogen and oxygen atoms in total. The van der Waals surface area contributed by atoms with Gasteiger partial charge in [0.05, 0.1) is 6.42 Å². The molecule has 0 radical (unpaired) electrons. The molecule has 0 aliphatic carbocycles. The average molecular weight is 593 g/mol. The maximum atomic E-state index is 13.9. The lowest BCUT2D eigenvalue weighted by molar-refractivity contribution is -0.420. The zero-order chi connectivity index (χ0) is 29.9. The van der Waals surface area contributed by atoms with E-state index in [0.29, 0.717) is 17.9 Å². The van der Waals surface area contributed by atoms with Crippen LogP contribution in [0.1, 0.15) is 37.0 Å². The molecule has 16 heteroatoms. The molecule has 0 fully saturated rings. The number of aliphatic hydroxyl groups is 6. The SMILES string of the molecule is CCCCc1nc(O)c(-c2nnc(Cc3ccc(Cl)cc3)o2)c(=O)n1-c1c(OC(O)(O)O)cccc1OC(O)(O)O. The second-order valence-electron chi connectivity index (χ2n) is 8.73. The molecule has 0 atom stereocenters. The standard InChI is InChI=1S/C25H25ClN4O11/c1-2-3-7-17-27-21(31)19(22-29-28-18(39-22)12-13-8-10-14(26)11-9-13)23(32)30(17)20-15(40-24(33,34)35)5-4-6-16(20)41-25(36,37)38/h4-6,8-11,31,33-38H,2-3,7,12H2,1H3. The first-order valence-corrected chi connectivity index (χ1v) is 12.4. The van der Waals surface area contributed by atoms with Crippen LogP contribution in [0.25, 0.3) is 17.1 Å². The monoisotopic (exact) mass is 592 g/mol. The third kappa shape index (κ3) is 7.36. The third-order valence-electron chi connectivity index (χ3n) is 5.52. The number of ether oxygens (including phenoxy) is 2. The van der Waals surface area contributed by atoms with Gasteiger partial charge in [0.25, 0.3) is 11.4 Å². The Morgan fingerprint density at radius 3 is 2.12 bits per heavy atom. The molecule has 218 valence electrons. The molecule has 0 aliphatic heterocycles. The van der Waals surface area contributed by atoms with E-state index in [2.05, 4.69) is 15.2 Å². The van der Waals surface area contributed by atoms with Gasteiger partial charge in [0.2, 0.25) is 11.8 Å². The molecular formula is C25H25ClN4O11.